The van der Waals surface area contributed by atoms with Crippen LogP contribution in [-0.2, 0) is 0 Å². The number of hydrogen-bond donors (Lipinski definition) is 5. The van der Waals surface area contributed by atoms with Gasteiger partial charge in [-0.2, -0.15) is 0 Å². The fraction of sp³-hybridized carbons (Fsp3) is 0.296. The van der Waals surface area contributed by atoms with Gasteiger partial charge in [0.15, 0.2) is 17.4 Å². The highest BCUT2D eigenvalue weighted by atomic mass is 19.1. The summed E-state index contributed by atoms with van der Waals surface area (Å²) in [6, 6.07) is 6.50. The van der Waals surface area contributed by atoms with E-state index in [0.29, 0.717) is 60.0 Å². The molecule has 1 saturated heterocycles. The number of allylic oxidation sites excluding steroid dienone is 5. The molecule has 3 rings (SSSR count). The molecule has 0 spiro atoms. The van der Waals surface area contributed by atoms with Crippen molar-refractivity contribution in [2.45, 2.75) is 25.9 Å². The number of anilines is 3. The van der Waals surface area contributed by atoms with E-state index in [4.69, 9.17) is 25.7 Å². The summed E-state index contributed by atoms with van der Waals surface area (Å²) in [5, 5.41) is 14.7. The molecule has 37 heavy (non-hydrogen) atoms. The first kappa shape index (κ1) is 27.4. The summed E-state index contributed by atoms with van der Waals surface area (Å²) in [6.07, 6.45) is 4.94. The second-order valence-corrected chi connectivity index (χ2v) is 8.61. The molecule has 1 amide bonds. The molecular weight excluding hydrogens is 477 g/mol. The number of piperidine rings is 1. The lowest BCUT2D eigenvalue weighted by Gasteiger charge is -2.32. The average Bonchev–Trinajstić information content (AvgIpc) is 3.35. The number of furan rings is 1. The number of hydrogen-bond acceptors (Lipinski definition) is 8. The van der Waals surface area contributed by atoms with Crippen LogP contribution in [0.25, 0.3) is 5.57 Å². The third-order valence-corrected chi connectivity index (χ3v) is 5.60. The minimum absolute atomic E-state index is 0.0785. The lowest BCUT2D eigenvalue weighted by atomic mass is 10.1. The molecule has 0 radical (unpaired) electrons. The summed E-state index contributed by atoms with van der Waals surface area (Å²) in [7, 11) is 0. The van der Waals surface area contributed by atoms with Crippen LogP contribution in [0.3, 0.4) is 0 Å². The summed E-state index contributed by atoms with van der Waals surface area (Å²) in [4.78, 5) is 15.2. The monoisotopic (exact) mass is 511 g/mol. The van der Waals surface area contributed by atoms with E-state index < -0.39 is 12.1 Å². The van der Waals surface area contributed by atoms with Crippen LogP contribution in [0.5, 0.6) is 5.75 Å². The summed E-state index contributed by atoms with van der Waals surface area (Å²) in [5.74, 6) is 0.480. The molecule has 9 nitrogen and oxygen atoms in total. The van der Waals surface area contributed by atoms with Crippen LogP contribution in [0, 0.1) is 0 Å². The van der Waals surface area contributed by atoms with Gasteiger partial charge in [0.05, 0.1) is 23.7 Å². The molecule has 1 aliphatic rings. The highest BCUT2D eigenvalue weighted by Crippen LogP contribution is 2.38. The van der Waals surface area contributed by atoms with Crippen molar-refractivity contribution in [3.63, 3.8) is 0 Å². The van der Waals surface area contributed by atoms with Crippen molar-refractivity contribution in [1.82, 2.24) is 5.32 Å². The van der Waals surface area contributed by atoms with E-state index in [2.05, 4.69) is 23.8 Å². The predicted octanol–water partition coefficient (Wildman–Crippen LogP) is 3.92. The number of benzene rings is 1. The number of rotatable bonds is 11. The summed E-state index contributed by atoms with van der Waals surface area (Å²) < 4.78 is 25.3. The number of nitrogens with zero attached hydrogens (tertiary/aromatic N) is 1. The number of ether oxygens (including phenoxy) is 1. The maximum atomic E-state index is 13.8. The molecule has 1 aliphatic heterocycles. The van der Waals surface area contributed by atoms with Crippen molar-refractivity contribution in [1.29, 1.82) is 0 Å². The van der Waals surface area contributed by atoms with Gasteiger partial charge < -0.3 is 41.3 Å². The van der Waals surface area contributed by atoms with Gasteiger partial charge in [0, 0.05) is 37.0 Å². The number of halogens is 1. The number of alkyl halides is 1. The topological polar surface area (TPSA) is 139 Å². The molecule has 2 aromatic rings. The third-order valence-electron chi connectivity index (χ3n) is 5.60. The number of nitrogens with one attached hydrogen (secondary N) is 2. The van der Waals surface area contributed by atoms with E-state index in [-0.39, 0.29) is 30.5 Å². The first-order chi connectivity index (χ1) is 17.7. The molecular formula is C27H34FN5O4. The van der Waals surface area contributed by atoms with Crippen LogP contribution in [0.2, 0.25) is 0 Å². The zero-order valence-electron chi connectivity index (χ0n) is 20.9. The van der Waals surface area contributed by atoms with Gasteiger partial charge >= 0.3 is 0 Å². The van der Waals surface area contributed by atoms with E-state index in [1.54, 1.807) is 49.4 Å². The molecule has 7 N–H and O–H groups in total. The minimum Gasteiger partial charge on any atom is -0.451 e. The van der Waals surface area contributed by atoms with Gasteiger partial charge in [0.1, 0.15) is 11.9 Å². The minimum atomic E-state index is -0.860. The molecule has 0 aliphatic carbocycles. The Labute approximate surface area is 215 Å². The largest absolute Gasteiger partial charge is 0.451 e. The van der Waals surface area contributed by atoms with E-state index >= 15 is 0 Å². The first-order valence-electron chi connectivity index (χ1n) is 11.9. The summed E-state index contributed by atoms with van der Waals surface area (Å²) >= 11 is 0. The Kier molecular flexibility index (Phi) is 9.39. The lowest BCUT2D eigenvalue weighted by molar-refractivity contribution is 0.0996. The smallest absolute Gasteiger partial charge is 0.291 e. The van der Waals surface area contributed by atoms with Gasteiger partial charge in [-0.15, -0.1) is 0 Å². The molecule has 2 heterocycles. The lowest BCUT2D eigenvalue weighted by Crippen LogP contribution is -2.35. The van der Waals surface area contributed by atoms with Crippen molar-refractivity contribution >= 4 is 28.5 Å². The van der Waals surface area contributed by atoms with E-state index in [9.17, 15) is 9.18 Å². The average molecular weight is 512 g/mol. The molecule has 0 saturated carbocycles. The highest BCUT2D eigenvalue weighted by Gasteiger charge is 2.24. The van der Waals surface area contributed by atoms with Crippen LogP contribution in [0.1, 0.15) is 36.1 Å². The number of carbonyl (C=O) groups is 1. The number of amides is 1. The molecule has 10 heteroatoms. The molecule has 1 aromatic heterocycles. The SMILES string of the molecule is C=C/C=C(\C=C(\C)N)c1ccc(C(=O)Nc2cc(OC(=C)NCCO)c(N)cc2N2CCC(F)CC2)o1. The summed E-state index contributed by atoms with van der Waals surface area (Å²) in [5.41, 5.74) is 14.7. The van der Waals surface area contributed by atoms with Crippen molar-refractivity contribution in [2.75, 3.05) is 42.2 Å². The van der Waals surface area contributed by atoms with Crippen LogP contribution in [0.15, 0.2) is 71.6 Å². The van der Waals surface area contributed by atoms with Gasteiger partial charge in [0.25, 0.3) is 5.91 Å². The first-order valence-corrected chi connectivity index (χ1v) is 11.9. The van der Waals surface area contributed by atoms with Crippen LogP contribution >= 0.6 is 0 Å². The maximum absolute atomic E-state index is 13.8. The highest BCUT2D eigenvalue weighted by molar-refractivity contribution is 6.05. The predicted molar refractivity (Wildman–Crippen MR) is 145 cm³/mol. The number of aliphatic hydroxyl groups excluding tert-OH is 1. The summed E-state index contributed by atoms with van der Waals surface area (Å²) in [6.45, 7) is 10.3. The van der Waals surface area contributed by atoms with Crippen LogP contribution < -0.4 is 31.7 Å². The maximum Gasteiger partial charge on any atom is 0.291 e. The quantitative estimate of drug-likeness (QED) is 0.174. The van der Waals surface area contributed by atoms with E-state index in [0.717, 1.165) is 0 Å². The Balaban J connectivity index is 1.91. The molecule has 0 bridgehead atoms. The van der Waals surface area contributed by atoms with Crippen molar-refractivity contribution in [2.24, 2.45) is 5.73 Å². The molecule has 0 unspecified atom stereocenters. The van der Waals surface area contributed by atoms with Crippen molar-refractivity contribution < 1.29 is 23.4 Å². The molecule has 198 valence electrons. The van der Waals surface area contributed by atoms with Crippen molar-refractivity contribution in [3.05, 3.63) is 78.8 Å². The van der Waals surface area contributed by atoms with Crippen LogP contribution in [-0.4, -0.2) is 43.4 Å². The normalized spacial score (nSPS) is 14.8. The zero-order valence-corrected chi connectivity index (χ0v) is 20.9. The molecule has 1 aromatic carbocycles. The van der Waals surface area contributed by atoms with Gasteiger partial charge in [-0.1, -0.05) is 18.7 Å². The Morgan fingerprint density at radius 1 is 1.32 bits per heavy atom. The van der Waals surface area contributed by atoms with E-state index in [1.807, 2.05) is 4.90 Å². The molecule has 1 fully saturated rings. The number of nitrogen functional groups attached to an aromatic ring is 1. The van der Waals surface area contributed by atoms with Gasteiger partial charge in [0.2, 0.25) is 0 Å². The second kappa shape index (κ2) is 12.7. The van der Waals surface area contributed by atoms with Crippen molar-refractivity contribution in [3.8, 4) is 5.75 Å². The fourth-order valence-electron chi connectivity index (χ4n) is 3.86. The Bertz CT molecular complexity index is 1190. The Hall–Kier alpha value is -4.18. The number of nitrogens with two attached hydrogens (primary N) is 2. The standard InChI is InChI=1S/C27H34FN5O4/c1-4-5-19(14-17(2)29)24-6-7-25(37-24)27(35)32-22-16-26(36-18(3)31-10-13-34)21(30)15-23(22)33-11-8-20(28)9-12-33/h4-7,14-16,20,31,34H,1,3,8-13,29-30H2,2H3,(H,32,35)/b17-14-,19-5+. The van der Waals surface area contributed by atoms with Crippen LogP contribution in [0.4, 0.5) is 21.5 Å². The third kappa shape index (κ3) is 7.40. The second-order valence-electron chi connectivity index (χ2n) is 8.61. The number of carbonyl (C=O) groups excluding carboxylic acids is 1. The van der Waals surface area contributed by atoms with Gasteiger partial charge in [-0.25, -0.2) is 4.39 Å². The Morgan fingerprint density at radius 3 is 2.68 bits per heavy atom. The Morgan fingerprint density at radius 2 is 2.03 bits per heavy atom. The van der Waals surface area contributed by atoms with Gasteiger partial charge in [-0.3, -0.25) is 4.79 Å². The molecule has 0 atom stereocenters. The fourth-order valence-corrected chi connectivity index (χ4v) is 3.86. The van der Waals surface area contributed by atoms with Gasteiger partial charge in [-0.05, 0) is 50.6 Å². The zero-order chi connectivity index (χ0) is 26.9. The number of aliphatic hydroxyl groups is 1. The van der Waals surface area contributed by atoms with E-state index in [1.165, 1.54) is 0 Å².